The molecule has 154 valence electrons. The van der Waals surface area contributed by atoms with Gasteiger partial charge in [-0.05, 0) is 51.2 Å². The highest BCUT2D eigenvalue weighted by molar-refractivity contribution is 5.83. The molecule has 0 aromatic heterocycles. The number of hydrogen-bond donors (Lipinski definition) is 1. The van der Waals surface area contributed by atoms with Crippen LogP contribution in [-0.2, 0) is 14.3 Å². The van der Waals surface area contributed by atoms with Crippen LogP contribution in [0.15, 0.2) is 24.3 Å². The number of nitrogens with one attached hydrogen (secondary N) is 1. The first-order valence-corrected chi connectivity index (χ1v) is 9.98. The van der Waals surface area contributed by atoms with Gasteiger partial charge in [-0.15, -0.1) is 0 Å². The summed E-state index contributed by atoms with van der Waals surface area (Å²) in [6.07, 6.45) is 3.39. The molecule has 2 atom stereocenters. The molecule has 1 N–H and O–H groups in total. The maximum Gasteiger partial charge on any atom is 0.410 e. The smallest absolute Gasteiger partial charge is 0.410 e. The second-order valence-electron chi connectivity index (χ2n) is 8.34. The quantitative estimate of drug-likeness (QED) is 0.756. The predicted octanol–water partition coefficient (Wildman–Crippen LogP) is 3.61. The molecule has 0 radical (unpaired) electrons. The minimum Gasteiger partial charge on any atom is -0.444 e. The van der Waals surface area contributed by atoms with Gasteiger partial charge in [0.15, 0.2) is 0 Å². The van der Waals surface area contributed by atoms with Gasteiger partial charge in [0.1, 0.15) is 11.9 Å². The second-order valence-corrected chi connectivity index (χ2v) is 8.34. The number of likely N-dealkylation sites (tertiary alicyclic amines) is 1. The van der Waals surface area contributed by atoms with Gasteiger partial charge in [0, 0.05) is 32.5 Å². The third kappa shape index (κ3) is 6.08. The third-order valence-corrected chi connectivity index (χ3v) is 5.02. The standard InChI is InChI=1S/C22H32N2O4/c1-22(2,3)28-21(27)24-13-5-7-18(15-24)16-9-11-17(12-10-16)19(8-6-14-25)20(26)23-4/h9-12,14,18-19H,5-8,13,15H2,1-4H3,(H,23,26). The molecule has 0 saturated carbocycles. The molecule has 2 unspecified atom stereocenters. The molecule has 28 heavy (non-hydrogen) atoms. The van der Waals surface area contributed by atoms with E-state index < -0.39 is 5.60 Å². The van der Waals surface area contributed by atoms with Crippen LogP contribution >= 0.6 is 0 Å². The van der Waals surface area contributed by atoms with E-state index in [1.165, 1.54) is 0 Å². The lowest BCUT2D eigenvalue weighted by Gasteiger charge is -2.34. The SMILES string of the molecule is CNC(=O)C(CCC=O)c1ccc(C2CCCN(C(=O)OC(C)(C)C)C2)cc1. The largest absolute Gasteiger partial charge is 0.444 e. The van der Waals surface area contributed by atoms with Crippen molar-refractivity contribution in [2.24, 2.45) is 0 Å². The zero-order chi connectivity index (χ0) is 20.7. The molecule has 1 aromatic rings. The van der Waals surface area contributed by atoms with Crippen molar-refractivity contribution in [3.63, 3.8) is 0 Å². The Morgan fingerprint density at radius 3 is 2.54 bits per heavy atom. The van der Waals surface area contributed by atoms with E-state index in [0.29, 0.717) is 25.9 Å². The molecule has 0 spiro atoms. The number of carbonyl (C=O) groups is 3. The summed E-state index contributed by atoms with van der Waals surface area (Å²) in [5.41, 5.74) is 1.56. The topological polar surface area (TPSA) is 75.7 Å². The lowest BCUT2D eigenvalue weighted by atomic mass is 9.87. The summed E-state index contributed by atoms with van der Waals surface area (Å²) >= 11 is 0. The lowest BCUT2D eigenvalue weighted by molar-refractivity contribution is -0.122. The van der Waals surface area contributed by atoms with Crippen molar-refractivity contribution in [3.8, 4) is 0 Å². The Morgan fingerprint density at radius 2 is 1.96 bits per heavy atom. The molecule has 1 aliphatic rings. The van der Waals surface area contributed by atoms with Crippen molar-refractivity contribution in [1.82, 2.24) is 10.2 Å². The van der Waals surface area contributed by atoms with Crippen molar-refractivity contribution in [2.75, 3.05) is 20.1 Å². The maximum absolute atomic E-state index is 12.4. The monoisotopic (exact) mass is 388 g/mol. The zero-order valence-electron chi connectivity index (χ0n) is 17.4. The summed E-state index contributed by atoms with van der Waals surface area (Å²) in [5, 5.41) is 2.67. The molecule has 1 aromatic carbocycles. The van der Waals surface area contributed by atoms with Gasteiger partial charge < -0.3 is 19.7 Å². The number of benzene rings is 1. The second kappa shape index (κ2) is 9.71. The molecule has 0 aliphatic carbocycles. The van der Waals surface area contributed by atoms with Crippen LogP contribution in [0, 0.1) is 0 Å². The van der Waals surface area contributed by atoms with E-state index in [0.717, 1.165) is 30.3 Å². The number of aldehydes is 1. The van der Waals surface area contributed by atoms with E-state index in [4.69, 9.17) is 4.74 Å². The van der Waals surface area contributed by atoms with Crippen molar-refractivity contribution in [2.45, 2.75) is 63.9 Å². The number of hydrogen-bond acceptors (Lipinski definition) is 4. The van der Waals surface area contributed by atoms with Gasteiger partial charge in [-0.25, -0.2) is 4.79 Å². The van der Waals surface area contributed by atoms with Crippen LogP contribution in [0.3, 0.4) is 0 Å². The first-order chi connectivity index (χ1) is 13.2. The molecule has 1 heterocycles. The van der Waals surface area contributed by atoms with Gasteiger partial charge in [0.25, 0.3) is 0 Å². The molecule has 6 nitrogen and oxygen atoms in total. The van der Waals surface area contributed by atoms with Crippen molar-refractivity contribution in [1.29, 1.82) is 0 Å². The van der Waals surface area contributed by atoms with Gasteiger partial charge in [-0.3, -0.25) is 4.79 Å². The van der Waals surface area contributed by atoms with Crippen LogP contribution in [0.4, 0.5) is 4.79 Å². The minimum atomic E-state index is -0.498. The first-order valence-electron chi connectivity index (χ1n) is 9.98. The Bertz CT molecular complexity index is 679. The fourth-order valence-electron chi connectivity index (χ4n) is 3.60. The summed E-state index contributed by atoms with van der Waals surface area (Å²) in [6.45, 7) is 6.97. The molecular weight excluding hydrogens is 356 g/mol. The fraction of sp³-hybridized carbons (Fsp3) is 0.591. The van der Waals surface area contributed by atoms with Gasteiger partial charge in [0.2, 0.25) is 5.91 Å². The number of piperidine rings is 1. The van der Waals surface area contributed by atoms with E-state index in [1.807, 2.05) is 45.0 Å². The van der Waals surface area contributed by atoms with Crippen LogP contribution < -0.4 is 5.32 Å². The normalized spacial score (nSPS) is 18.3. The minimum absolute atomic E-state index is 0.0802. The lowest BCUT2D eigenvalue weighted by Crippen LogP contribution is -2.42. The van der Waals surface area contributed by atoms with Crippen molar-refractivity contribution in [3.05, 3.63) is 35.4 Å². The number of carbonyl (C=O) groups excluding carboxylic acids is 3. The highest BCUT2D eigenvalue weighted by Crippen LogP contribution is 2.30. The zero-order valence-corrected chi connectivity index (χ0v) is 17.4. The number of nitrogens with zero attached hydrogens (tertiary/aromatic N) is 1. The number of rotatable bonds is 6. The van der Waals surface area contributed by atoms with Crippen molar-refractivity contribution >= 4 is 18.3 Å². The van der Waals surface area contributed by atoms with E-state index in [-0.39, 0.29) is 23.8 Å². The maximum atomic E-state index is 12.4. The van der Waals surface area contributed by atoms with Gasteiger partial charge in [-0.1, -0.05) is 24.3 Å². The van der Waals surface area contributed by atoms with Gasteiger partial charge in [-0.2, -0.15) is 0 Å². The van der Waals surface area contributed by atoms with E-state index >= 15 is 0 Å². The van der Waals surface area contributed by atoms with E-state index in [1.54, 1.807) is 11.9 Å². The molecule has 0 bridgehead atoms. The Balaban J connectivity index is 2.08. The summed E-state index contributed by atoms with van der Waals surface area (Å²) in [5.74, 6) is -0.152. The summed E-state index contributed by atoms with van der Waals surface area (Å²) in [6, 6.07) is 8.00. The van der Waals surface area contributed by atoms with Gasteiger partial charge >= 0.3 is 6.09 Å². The summed E-state index contributed by atoms with van der Waals surface area (Å²) < 4.78 is 5.50. The van der Waals surface area contributed by atoms with Gasteiger partial charge in [0.05, 0.1) is 5.92 Å². The van der Waals surface area contributed by atoms with Crippen LogP contribution in [0.1, 0.15) is 69.4 Å². The molecule has 2 amide bonds. The third-order valence-electron chi connectivity index (χ3n) is 5.02. The van der Waals surface area contributed by atoms with Crippen LogP contribution in [0.5, 0.6) is 0 Å². The van der Waals surface area contributed by atoms with Crippen LogP contribution in [0.25, 0.3) is 0 Å². The van der Waals surface area contributed by atoms with Crippen LogP contribution in [0.2, 0.25) is 0 Å². The number of amides is 2. The van der Waals surface area contributed by atoms with Crippen LogP contribution in [-0.4, -0.2) is 48.9 Å². The Labute approximate surface area is 167 Å². The molecule has 1 aliphatic heterocycles. The molecule has 2 rings (SSSR count). The van der Waals surface area contributed by atoms with E-state index in [2.05, 4.69) is 5.32 Å². The van der Waals surface area contributed by atoms with Crippen molar-refractivity contribution < 1.29 is 19.1 Å². The average Bonchev–Trinajstić information content (AvgIpc) is 2.67. The first kappa shape index (κ1) is 21.9. The number of likely N-dealkylation sites (N-methyl/N-ethyl adjacent to an activating group) is 1. The fourth-order valence-corrected chi connectivity index (χ4v) is 3.60. The molecular formula is C22H32N2O4. The average molecular weight is 389 g/mol. The highest BCUT2D eigenvalue weighted by Gasteiger charge is 2.28. The molecule has 6 heteroatoms. The summed E-state index contributed by atoms with van der Waals surface area (Å²) in [4.78, 5) is 37.0. The van der Waals surface area contributed by atoms with E-state index in [9.17, 15) is 14.4 Å². The predicted molar refractivity (Wildman–Crippen MR) is 108 cm³/mol. The molecule has 1 saturated heterocycles. The Morgan fingerprint density at radius 1 is 1.29 bits per heavy atom. The summed E-state index contributed by atoms with van der Waals surface area (Å²) in [7, 11) is 1.61. The molecule has 1 fully saturated rings. The Hall–Kier alpha value is -2.37. The highest BCUT2D eigenvalue weighted by atomic mass is 16.6. The number of ether oxygens (including phenoxy) is 1. The Kier molecular flexibility index (Phi) is 7.61.